The molecule has 3 heterocycles. The highest BCUT2D eigenvalue weighted by Crippen LogP contribution is 2.44. The van der Waals surface area contributed by atoms with Crippen LogP contribution in [0.1, 0.15) is 34.6 Å². The molecule has 0 unspecified atom stereocenters. The molecule has 0 aromatic rings. The molecule has 5 atom stereocenters. The van der Waals surface area contributed by atoms with E-state index in [1.165, 1.54) is 4.90 Å². The van der Waals surface area contributed by atoms with Crippen LogP contribution in [0.2, 0.25) is 0 Å². The second kappa shape index (κ2) is 6.10. The monoisotopic (exact) mass is 345 g/mol. The van der Waals surface area contributed by atoms with E-state index in [1.54, 1.807) is 7.05 Å². The highest BCUT2D eigenvalue weighted by molar-refractivity contribution is 5.67. The minimum absolute atomic E-state index is 0.0663. The minimum atomic E-state index is -0.760. The molecule has 3 aliphatic heterocycles. The Bertz CT molecular complexity index is 495. The number of carbonyl (C=O) groups excluding carboxylic acids is 1. The lowest BCUT2D eigenvalue weighted by molar-refractivity contribution is -0.240. The quantitative estimate of drug-likeness (QED) is 0.767. The summed E-state index contributed by atoms with van der Waals surface area (Å²) in [6, 6.07) is 0. The average molecular weight is 345 g/mol. The Morgan fingerprint density at radius 2 is 1.58 bits per heavy atom. The summed E-state index contributed by atoms with van der Waals surface area (Å²) in [5.41, 5.74) is 0. The molecule has 0 radical (unpaired) electrons. The van der Waals surface area contributed by atoms with Gasteiger partial charge >= 0.3 is 6.09 Å². The molecule has 8 heteroatoms. The number of hydrogen-bond donors (Lipinski definition) is 0. The zero-order chi connectivity index (χ0) is 17.7. The van der Waals surface area contributed by atoms with Crippen LogP contribution in [0.4, 0.5) is 4.79 Å². The smallest absolute Gasteiger partial charge is 0.409 e. The number of hydrogen-bond acceptors (Lipinski definition) is 7. The molecule has 0 aromatic heterocycles. The summed E-state index contributed by atoms with van der Waals surface area (Å²) >= 11 is 0. The summed E-state index contributed by atoms with van der Waals surface area (Å²) < 4.78 is 35.0. The summed E-state index contributed by atoms with van der Waals surface area (Å²) in [6.45, 7) is 9.85. The van der Waals surface area contributed by atoms with Gasteiger partial charge in [0.2, 0.25) is 0 Å². The third kappa shape index (κ3) is 3.39. The third-order valence-corrected chi connectivity index (χ3v) is 4.41. The highest BCUT2D eigenvalue weighted by Gasteiger charge is 2.60. The molecular formula is C16H27NO7. The second-order valence-corrected chi connectivity index (χ2v) is 7.30. The van der Waals surface area contributed by atoms with Crippen molar-refractivity contribution in [2.45, 2.75) is 76.9 Å². The van der Waals surface area contributed by atoms with E-state index in [1.807, 2.05) is 34.6 Å². The molecule has 8 nitrogen and oxygen atoms in total. The van der Waals surface area contributed by atoms with Crippen molar-refractivity contribution in [3.63, 3.8) is 0 Å². The van der Waals surface area contributed by atoms with Gasteiger partial charge in [-0.15, -0.1) is 0 Å². The van der Waals surface area contributed by atoms with Crippen LogP contribution in [0, 0.1) is 0 Å². The largest absolute Gasteiger partial charge is 0.447 e. The van der Waals surface area contributed by atoms with Crippen LogP contribution >= 0.6 is 0 Å². The molecule has 0 aromatic carbocycles. The Morgan fingerprint density at radius 1 is 1.00 bits per heavy atom. The van der Waals surface area contributed by atoms with Crippen molar-refractivity contribution in [1.82, 2.24) is 4.90 Å². The fourth-order valence-corrected chi connectivity index (χ4v) is 3.22. The molecule has 0 N–H and O–H groups in total. The lowest BCUT2D eigenvalue weighted by Gasteiger charge is -2.37. The molecule has 24 heavy (non-hydrogen) atoms. The first kappa shape index (κ1) is 17.9. The van der Waals surface area contributed by atoms with E-state index in [0.29, 0.717) is 6.54 Å². The Kier molecular flexibility index (Phi) is 4.55. The molecule has 3 aliphatic rings. The maximum atomic E-state index is 11.9. The topological polar surface area (TPSA) is 75.7 Å². The van der Waals surface area contributed by atoms with Crippen molar-refractivity contribution in [3.8, 4) is 0 Å². The predicted molar refractivity (Wildman–Crippen MR) is 82.2 cm³/mol. The van der Waals surface area contributed by atoms with Gasteiger partial charge in [-0.1, -0.05) is 0 Å². The van der Waals surface area contributed by atoms with Gasteiger partial charge < -0.3 is 33.3 Å². The van der Waals surface area contributed by atoms with Gasteiger partial charge in [-0.2, -0.15) is 0 Å². The molecule has 138 valence electrons. The van der Waals surface area contributed by atoms with Gasteiger partial charge in [-0.05, 0) is 34.6 Å². The number of nitrogens with zero attached hydrogens (tertiary/aromatic N) is 1. The standard InChI is InChI=1S/C16H27NO7/c1-7-17(6)14(18)19-8-9-10-11(22-15(2,3)21-10)12-13(20-9)24-16(4,5)23-12/h9-13H,7-8H2,1-6H3/t9-,10+,11+,12-,13-/m1/s1. The molecule has 0 aliphatic carbocycles. The molecular weight excluding hydrogens is 318 g/mol. The Hall–Kier alpha value is -0.930. The first-order valence-corrected chi connectivity index (χ1v) is 8.36. The molecule has 0 bridgehead atoms. The lowest BCUT2D eigenvalue weighted by atomic mass is 9.99. The first-order valence-electron chi connectivity index (χ1n) is 8.36. The Morgan fingerprint density at radius 3 is 2.25 bits per heavy atom. The number of carbonyl (C=O) groups is 1. The van der Waals surface area contributed by atoms with E-state index >= 15 is 0 Å². The number of ether oxygens (including phenoxy) is 6. The maximum absolute atomic E-state index is 11.9. The average Bonchev–Trinajstić information content (AvgIpc) is 2.97. The number of fused-ring (bicyclic) bond motifs is 3. The van der Waals surface area contributed by atoms with Crippen LogP contribution in [-0.4, -0.2) is 73.5 Å². The summed E-state index contributed by atoms with van der Waals surface area (Å²) in [5.74, 6) is -1.52. The summed E-state index contributed by atoms with van der Waals surface area (Å²) in [4.78, 5) is 13.4. The van der Waals surface area contributed by atoms with Crippen molar-refractivity contribution in [2.75, 3.05) is 20.2 Å². The van der Waals surface area contributed by atoms with Gasteiger partial charge in [0.05, 0.1) is 0 Å². The molecule has 1 amide bonds. The van der Waals surface area contributed by atoms with Gasteiger partial charge in [0.1, 0.15) is 31.0 Å². The number of rotatable bonds is 3. The predicted octanol–water partition coefficient (Wildman–Crippen LogP) is 1.47. The van der Waals surface area contributed by atoms with Crippen LogP contribution < -0.4 is 0 Å². The van der Waals surface area contributed by atoms with Crippen LogP contribution in [0.5, 0.6) is 0 Å². The van der Waals surface area contributed by atoms with Crippen molar-refractivity contribution in [1.29, 1.82) is 0 Å². The molecule has 3 saturated heterocycles. The van der Waals surface area contributed by atoms with Crippen molar-refractivity contribution >= 4 is 6.09 Å². The lowest BCUT2D eigenvalue weighted by Crippen LogP contribution is -2.56. The molecule has 3 fully saturated rings. The van der Waals surface area contributed by atoms with Gasteiger partial charge in [0.25, 0.3) is 0 Å². The minimum Gasteiger partial charge on any atom is -0.447 e. The van der Waals surface area contributed by atoms with Crippen molar-refractivity contribution in [2.24, 2.45) is 0 Å². The van der Waals surface area contributed by atoms with E-state index in [-0.39, 0.29) is 18.8 Å². The van der Waals surface area contributed by atoms with Crippen molar-refractivity contribution in [3.05, 3.63) is 0 Å². The summed E-state index contributed by atoms with van der Waals surface area (Å²) in [6.07, 6.45) is -2.57. The van der Waals surface area contributed by atoms with Crippen LogP contribution in [-0.2, 0) is 28.4 Å². The van der Waals surface area contributed by atoms with E-state index in [0.717, 1.165) is 0 Å². The molecule has 0 spiro atoms. The number of amides is 1. The van der Waals surface area contributed by atoms with Gasteiger partial charge in [-0.25, -0.2) is 4.79 Å². The fourth-order valence-electron chi connectivity index (χ4n) is 3.22. The van der Waals surface area contributed by atoms with E-state index in [9.17, 15) is 4.79 Å². The second-order valence-electron chi connectivity index (χ2n) is 7.30. The zero-order valence-corrected chi connectivity index (χ0v) is 15.1. The van der Waals surface area contributed by atoms with Crippen LogP contribution in [0.15, 0.2) is 0 Å². The van der Waals surface area contributed by atoms with E-state index < -0.39 is 36.2 Å². The molecule has 0 saturated carbocycles. The highest BCUT2D eigenvalue weighted by atomic mass is 16.9. The summed E-state index contributed by atoms with van der Waals surface area (Å²) in [5, 5.41) is 0. The molecule has 3 rings (SSSR count). The zero-order valence-electron chi connectivity index (χ0n) is 15.1. The van der Waals surface area contributed by atoms with Gasteiger partial charge in [0.15, 0.2) is 17.9 Å². The Labute approximate surface area is 142 Å². The SMILES string of the molecule is CCN(C)C(=O)OC[C@H]1O[C@@H]2OC(C)(C)O[C@@H]2[C@H]2OC(C)(C)O[C@H]21. The van der Waals surface area contributed by atoms with Gasteiger partial charge in [0, 0.05) is 13.6 Å². The van der Waals surface area contributed by atoms with Crippen LogP contribution in [0.25, 0.3) is 0 Å². The van der Waals surface area contributed by atoms with E-state index in [2.05, 4.69) is 0 Å². The van der Waals surface area contributed by atoms with E-state index in [4.69, 9.17) is 28.4 Å². The van der Waals surface area contributed by atoms with Crippen LogP contribution in [0.3, 0.4) is 0 Å². The summed E-state index contributed by atoms with van der Waals surface area (Å²) in [7, 11) is 1.68. The van der Waals surface area contributed by atoms with Gasteiger partial charge in [-0.3, -0.25) is 0 Å². The fraction of sp³-hybridized carbons (Fsp3) is 0.938. The maximum Gasteiger partial charge on any atom is 0.409 e. The van der Waals surface area contributed by atoms with Crippen molar-refractivity contribution < 1.29 is 33.2 Å². The third-order valence-electron chi connectivity index (χ3n) is 4.41. The normalized spacial score (nSPS) is 39.2. The Balaban J connectivity index is 1.72. The first-order chi connectivity index (χ1) is 11.1.